The number of aryl methyl sites for hydroxylation is 1. The van der Waals surface area contributed by atoms with Crippen molar-refractivity contribution in [3.05, 3.63) is 65.6 Å². The Labute approximate surface area is 147 Å². The lowest BCUT2D eigenvalue weighted by molar-refractivity contribution is 0.0879. The van der Waals surface area contributed by atoms with Crippen molar-refractivity contribution in [3.8, 4) is 0 Å². The average molecular weight is 333 g/mol. The van der Waals surface area contributed by atoms with Gasteiger partial charge in [-0.2, -0.15) is 5.10 Å². The Morgan fingerprint density at radius 3 is 2.68 bits per heavy atom. The van der Waals surface area contributed by atoms with E-state index in [4.69, 9.17) is 0 Å². The molecule has 2 aromatic heterocycles. The molecule has 2 heterocycles. The highest BCUT2D eigenvalue weighted by molar-refractivity contribution is 5.96. The van der Waals surface area contributed by atoms with Crippen molar-refractivity contribution < 1.29 is 4.79 Å². The van der Waals surface area contributed by atoms with Crippen LogP contribution in [0.25, 0.3) is 5.65 Å². The van der Waals surface area contributed by atoms with Gasteiger partial charge in [0.2, 0.25) is 0 Å². The maximum Gasteiger partial charge on any atom is 0.185 e. The maximum absolute atomic E-state index is 12.8. The fraction of sp³-hybridized carbons (Fsp3) is 0.381. The van der Waals surface area contributed by atoms with Crippen LogP contribution in [0, 0.1) is 5.92 Å². The molecule has 0 aliphatic heterocycles. The van der Waals surface area contributed by atoms with E-state index < -0.39 is 0 Å². The third-order valence-electron chi connectivity index (χ3n) is 5.46. The number of benzene rings is 1. The van der Waals surface area contributed by atoms with Gasteiger partial charge >= 0.3 is 0 Å². The molecule has 4 nitrogen and oxygen atoms in total. The van der Waals surface area contributed by atoms with E-state index in [9.17, 15) is 4.79 Å². The van der Waals surface area contributed by atoms with E-state index in [-0.39, 0.29) is 11.7 Å². The molecule has 0 saturated heterocycles. The molecule has 4 heteroatoms. The monoisotopic (exact) mass is 333 g/mol. The molecule has 1 aliphatic rings. The van der Waals surface area contributed by atoms with Crippen molar-refractivity contribution in [2.45, 2.75) is 44.9 Å². The van der Waals surface area contributed by atoms with Gasteiger partial charge in [-0.25, -0.2) is 9.50 Å². The fourth-order valence-corrected chi connectivity index (χ4v) is 4.08. The lowest BCUT2D eigenvalue weighted by Gasteiger charge is -2.28. The first-order valence-corrected chi connectivity index (χ1v) is 9.18. The van der Waals surface area contributed by atoms with Crippen molar-refractivity contribution in [2.24, 2.45) is 5.92 Å². The molecule has 1 aromatic carbocycles. The Morgan fingerprint density at radius 1 is 1.12 bits per heavy atom. The summed E-state index contributed by atoms with van der Waals surface area (Å²) in [4.78, 5) is 17.3. The topological polar surface area (TPSA) is 47.3 Å². The molecule has 1 fully saturated rings. The summed E-state index contributed by atoms with van der Waals surface area (Å²) in [6, 6.07) is 12.5. The Morgan fingerprint density at radius 2 is 1.92 bits per heavy atom. The molecular formula is C21H23N3O. The lowest BCUT2D eigenvalue weighted by atomic mass is 9.75. The van der Waals surface area contributed by atoms with E-state index in [1.165, 1.54) is 11.1 Å². The Balaban J connectivity index is 1.47. The highest BCUT2D eigenvalue weighted by atomic mass is 16.1. The Kier molecular flexibility index (Phi) is 4.35. The van der Waals surface area contributed by atoms with E-state index in [2.05, 4.69) is 41.3 Å². The second kappa shape index (κ2) is 6.79. The highest BCUT2D eigenvalue weighted by Gasteiger charge is 2.29. The molecule has 0 radical (unpaired) electrons. The average Bonchev–Trinajstić information content (AvgIpc) is 3.12. The van der Waals surface area contributed by atoms with Gasteiger partial charge in [0, 0.05) is 12.1 Å². The molecule has 128 valence electrons. The van der Waals surface area contributed by atoms with Crippen LogP contribution in [-0.2, 0) is 6.42 Å². The van der Waals surface area contributed by atoms with Crippen molar-refractivity contribution in [2.75, 3.05) is 0 Å². The summed E-state index contributed by atoms with van der Waals surface area (Å²) in [5, 5.41) is 4.20. The Bertz CT molecular complexity index is 858. The lowest BCUT2D eigenvalue weighted by Crippen LogP contribution is -2.22. The van der Waals surface area contributed by atoms with E-state index in [1.807, 2.05) is 12.1 Å². The SMILES string of the molecule is CCc1ccccc1C1CCC(C(=O)c2cn3ncccc3n2)CC1. The summed E-state index contributed by atoms with van der Waals surface area (Å²) in [7, 11) is 0. The summed E-state index contributed by atoms with van der Waals surface area (Å²) < 4.78 is 1.68. The minimum absolute atomic E-state index is 0.0925. The number of hydrogen-bond donors (Lipinski definition) is 0. The number of Topliss-reactive ketones (excluding diaryl/α,β-unsaturated/α-hetero) is 1. The van der Waals surface area contributed by atoms with Crippen LogP contribution in [0.15, 0.2) is 48.8 Å². The van der Waals surface area contributed by atoms with E-state index in [0.29, 0.717) is 11.6 Å². The van der Waals surface area contributed by atoms with Gasteiger partial charge in [0.25, 0.3) is 0 Å². The van der Waals surface area contributed by atoms with Gasteiger partial charge in [-0.15, -0.1) is 0 Å². The van der Waals surface area contributed by atoms with Gasteiger partial charge in [0.1, 0.15) is 5.69 Å². The van der Waals surface area contributed by atoms with Crippen LogP contribution < -0.4 is 0 Å². The van der Waals surface area contributed by atoms with Gasteiger partial charge in [0.15, 0.2) is 11.4 Å². The second-order valence-electron chi connectivity index (χ2n) is 6.92. The fourth-order valence-electron chi connectivity index (χ4n) is 4.08. The zero-order valence-electron chi connectivity index (χ0n) is 14.6. The third-order valence-corrected chi connectivity index (χ3v) is 5.46. The third kappa shape index (κ3) is 3.09. The summed E-state index contributed by atoms with van der Waals surface area (Å²) in [5.74, 6) is 0.852. The van der Waals surface area contributed by atoms with E-state index >= 15 is 0 Å². The molecule has 25 heavy (non-hydrogen) atoms. The summed E-state index contributed by atoms with van der Waals surface area (Å²) in [6.45, 7) is 2.21. The quantitative estimate of drug-likeness (QED) is 0.663. The molecule has 1 aliphatic carbocycles. The molecule has 0 N–H and O–H groups in total. The van der Waals surface area contributed by atoms with Gasteiger partial charge in [-0.05, 0) is 61.3 Å². The molecule has 4 rings (SSSR count). The molecule has 1 saturated carbocycles. The molecule has 0 spiro atoms. The zero-order chi connectivity index (χ0) is 17.2. The number of carbonyl (C=O) groups excluding carboxylic acids is 1. The van der Waals surface area contributed by atoms with Crippen LogP contribution in [0.4, 0.5) is 0 Å². The minimum atomic E-state index is 0.0925. The van der Waals surface area contributed by atoms with E-state index in [0.717, 1.165) is 37.8 Å². The van der Waals surface area contributed by atoms with E-state index in [1.54, 1.807) is 16.9 Å². The molecule has 0 bridgehead atoms. The zero-order valence-corrected chi connectivity index (χ0v) is 14.6. The van der Waals surface area contributed by atoms with Gasteiger partial charge in [-0.3, -0.25) is 4.79 Å². The van der Waals surface area contributed by atoms with Crippen LogP contribution in [0.3, 0.4) is 0 Å². The molecular weight excluding hydrogens is 310 g/mol. The standard InChI is InChI=1S/C21H23N3O/c1-2-15-6-3-4-7-18(15)16-9-11-17(12-10-16)21(25)19-14-24-20(23-19)8-5-13-22-24/h3-8,13-14,16-17H,2,9-12H2,1H3. The van der Waals surface area contributed by atoms with Crippen molar-refractivity contribution in [3.63, 3.8) is 0 Å². The first kappa shape index (κ1) is 16.0. The number of imidazole rings is 1. The van der Waals surface area contributed by atoms with Crippen LogP contribution >= 0.6 is 0 Å². The predicted molar refractivity (Wildman–Crippen MR) is 97.8 cm³/mol. The number of carbonyl (C=O) groups is 1. The number of fused-ring (bicyclic) bond motifs is 1. The maximum atomic E-state index is 12.8. The van der Waals surface area contributed by atoms with Crippen LogP contribution in [-0.4, -0.2) is 20.4 Å². The first-order chi connectivity index (χ1) is 12.3. The molecule has 0 amide bonds. The van der Waals surface area contributed by atoms with Gasteiger partial charge in [0.05, 0.1) is 6.20 Å². The largest absolute Gasteiger partial charge is 0.292 e. The van der Waals surface area contributed by atoms with Crippen molar-refractivity contribution in [1.29, 1.82) is 0 Å². The second-order valence-corrected chi connectivity index (χ2v) is 6.92. The van der Waals surface area contributed by atoms with Crippen LogP contribution in [0.1, 0.15) is 60.1 Å². The molecule has 0 unspecified atom stereocenters. The van der Waals surface area contributed by atoms with Gasteiger partial charge in [-0.1, -0.05) is 31.2 Å². The number of hydrogen-bond acceptors (Lipinski definition) is 3. The highest BCUT2D eigenvalue weighted by Crippen LogP contribution is 2.38. The van der Waals surface area contributed by atoms with Crippen molar-refractivity contribution in [1.82, 2.24) is 14.6 Å². The number of rotatable bonds is 4. The molecule has 0 atom stereocenters. The Hall–Kier alpha value is -2.49. The van der Waals surface area contributed by atoms with Crippen LogP contribution in [0.5, 0.6) is 0 Å². The normalized spacial score (nSPS) is 20.7. The van der Waals surface area contributed by atoms with Crippen LogP contribution in [0.2, 0.25) is 0 Å². The summed E-state index contributed by atoms with van der Waals surface area (Å²) >= 11 is 0. The van der Waals surface area contributed by atoms with Crippen molar-refractivity contribution >= 4 is 11.4 Å². The summed E-state index contributed by atoms with van der Waals surface area (Å²) in [5.41, 5.74) is 4.21. The summed E-state index contributed by atoms with van der Waals surface area (Å²) in [6.07, 6.45) is 8.60. The number of nitrogens with zero attached hydrogens (tertiary/aromatic N) is 3. The number of aromatic nitrogens is 3. The molecule has 3 aromatic rings. The van der Waals surface area contributed by atoms with Gasteiger partial charge < -0.3 is 0 Å². The predicted octanol–water partition coefficient (Wildman–Crippen LogP) is 4.45. The minimum Gasteiger partial charge on any atom is -0.292 e. The first-order valence-electron chi connectivity index (χ1n) is 9.18. The number of ketones is 1. The smallest absolute Gasteiger partial charge is 0.185 e.